The van der Waals surface area contributed by atoms with Gasteiger partial charge in [-0.2, -0.15) is 0 Å². The molecule has 0 heterocycles. The number of carbonyl (C=O) groups excluding carboxylic acids is 1. The van der Waals surface area contributed by atoms with Crippen LogP contribution in [0.3, 0.4) is 0 Å². The summed E-state index contributed by atoms with van der Waals surface area (Å²) in [6, 6.07) is 10.7. The van der Waals surface area contributed by atoms with Gasteiger partial charge in [0.05, 0.1) is 0 Å². The lowest BCUT2D eigenvalue weighted by atomic mass is 9.48. The molecule has 1 atom stereocenters. The van der Waals surface area contributed by atoms with E-state index in [0.717, 1.165) is 24.2 Å². The van der Waals surface area contributed by atoms with Gasteiger partial charge in [-0.15, -0.1) is 0 Å². The molecule has 4 saturated carbocycles. The van der Waals surface area contributed by atoms with Gasteiger partial charge >= 0.3 is 0 Å². The molecule has 5 rings (SSSR count). The molecule has 2 nitrogen and oxygen atoms in total. The Labute approximate surface area is 140 Å². The molecule has 0 radical (unpaired) electrons. The number of aryl methyl sites for hydroxylation is 1. The third-order valence-corrected chi connectivity index (χ3v) is 6.87. The summed E-state index contributed by atoms with van der Waals surface area (Å²) in [4.78, 5) is 12.4. The lowest BCUT2D eigenvalue weighted by Gasteiger charge is -2.59. The van der Waals surface area contributed by atoms with Crippen LogP contribution in [0.25, 0.3) is 0 Å². The van der Waals surface area contributed by atoms with Crippen LogP contribution in [0, 0.1) is 23.2 Å². The van der Waals surface area contributed by atoms with Crippen LogP contribution in [0.1, 0.15) is 57.4 Å². The van der Waals surface area contributed by atoms with Crippen molar-refractivity contribution in [2.24, 2.45) is 23.2 Å². The van der Waals surface area contributed by atoms with Crippen LogP contribution < -0.4 is 5.32 Å². The van der Waals surface area contributed by atoms with Crippen LogP contribution in [0.2, 0.25) is 0 Å². The van der Waals surface area contributed by atoms with Crippen LogP contribution in [0.5, 0.6) is 0 Å². The standard InChI is InChI=1S/C21H29NO/c1-15(22-20(23)8-7-16-5-3-2-4-6-16)21-12-17-9-18(13-21)11-19(10-17)14-21/h2-6,15,17-19H,7-14H2,1H3,(H,22,23)/t15-,17?,18?,19?,21?/m0/s1. The second kappa shape index (κ2) is 5.96. The van der Waals surface area contributed by atoms with E-state index in [2.05, 4.69) is 24.4 Å². The second-order valence-electron chi connectivity index (χ2n) is 8.55. The predicted molar refractivity (Wildman–Crippen MR) is 93.0 cm³/mol. The molecule has 0 saturated heterocycles. The van der Waals surface area contributed by atoms with Crippen molar-refractivity contribution in [1.82, 2.24) is 5.32 Å². The van der Waals surface area contributed by atoms with Crippen molar-refractivity contribution in [2.45, 2.75) is 64.3 Å². The van der Waals surface area contributed by atoms with Crippen LogP contribution in [-0.2, 0) is 11.2 Å². The summed E-state index contributed by atoms with van der Waals surface area (Å²) in [7, 11) is 0. The first-order valence-corrected chi connectivity index (χ1v) is 9.46. The second-order valence-corrected chi connectivity index (χ2v) is 8.55. The Kier molecular flexibility index (Phi) is 3.95. The fourth-order valence-electron chi connectivity index (χ4n) is 6.08. The summed E-state index contributed by atoms with van der Waals surface area (Å²) < 4.78 is 0. The zero-order chi connectivity index (χ0) is 15.9. The normalized spacial score (nSPS) is 36.0. The van der Waals surface area contributed by atoms with E-state index in [0.29, 0.717) is 17.9 Å². The Hall–Kier alpha value is -1.31. The smallest absolute Gasteiger partial charge is 0.220 e. The molecular formula is C21H29NO. The lowest BCUT2D eigenvalue weighted by molar-refractivity contribution is -0.125. The number of rotatable bonds is 5. The fourth-order valence-corrected chi connectivity index (χ4v) is 6.08. The van der Waals surface area contributed by atoms with E-state index in [1.54, 1.807) is 0 Å². The van der Waals surface area contributed by atoms with Crippen molar-refractivity contribution in [1.29, 1.82) is 0 Å². The molecule has 2 heteroatoms. The predicted octanol–water partition coefficient (Wildman–Crippen LogP) is 4.34. The van der Waals surface area contributed by atoms with Gasteiger partial charge in [0.25, 0.3) is 0 Å². The molecule has 4 aliphatic carbocycles. The average Bonchev–Trinajstić information content (AvgIpc) is 2.52. The van der Waals surface area contributed by atoms with Gasteiger partial charge < -0.3 is 5.32 Å². The number of benzene rings is 1. The summed E-state index contributed by atoms with van der Waals surface area (Å²) in [5.74, 6) is 3.08. The van der Waals surface area contributed by atoms with Crippen molar-refractivity contribution >= 4 is 5.91 Å². The highest BCUT2D eigenvalue weighted by molar-refractivity contribution is 5.76. The minimum Gasteiger partial charge on any atom is -0.353 e. The molecular weight excluding hydrogens is 282 g/mol. The highest BCUT2D eigenvalue weighted by atomic mass is 16.1. The van der Waals surface area contributed by atoms with E-state index in [-0.39, 0.29) is 5.91 Å². The first-order valence-electron chi connectivity index (χ1n) is 9.46. The Balaban J connectivity index is 1.34. The van der Waals surface area contributed by atoms with Crippen molar-refractivity contribution in [2.75, 3.05) is 0 Å². The molecule has 124 valence electrons. The highest BCUT2D eigenvalue weighted by Gasteiger charge is 2.53. The average molecular weight is 311 g/mol. The van der Waals surface area contributed by atoms with E-state index >= 15 is 0 Å². The van der Waals surface area contributed by atoms with E-state index in [4.69, 9.17) is 0 Å². The molecule has 0 unspecified atom stereocenters. The van der Waals surface area contributed by atoms with Crippen LogP contribution in [-0.4, -0.2) is 11.9 Å². The van der Waals surface area contributed by atoms with Crippen LogP contribution >= 0.6 is 0 Å². The monoisotopic (exact) mass is 311 g/mol. The van der Waals surface area contributed by atoms with Crippen molar-refractivity contribution < 1.29 is 4.79 Å². The van der Waals surface area contributed by atoms with E-state index in [1.807, 2.05) is 18.2 Å². The molecule has 0 aliphatic heterocycles. The molecule has 4 fully saturated rings. The maximum atomic E-state index is 12.4. The Bertz CT molecular complexity index is 529. The van der Waals surface area contributed by atoms with E-state index in [1.165, 1.54) is 44.1 Å². The Morgan fingerprint density at radius 3 is 2.22 bits per heavy atom. The first-order chi connectivity index (χ1) is 11.1. The van der Waals surface area contributed by atoms with Gasteiger partial charge in [0.2, 0.25) is 5.91 Å². The molecule has 1 amide bonds. The highest BCUT2D eigenvalue weighted by Crippen LogP contribution is 2.61. The molecule has 0 aromatic heterocycles. The largest absolute Gasteiger partial charge is 0.353 e. The zero-order valence-electron chi connectivity index (χ0n) is 14.3. The van der Waals surface area contributed by atoms with Crippen molar-refractivity contribution in [3.05, 3.63) is 35.9 Å². The summed E-state index contributed by atoms with van der Waals surface area (Å²) in [5.41, 5.74) is 1.67. The third-order valence-electron chi connectivity index (χ3n) is 6.87. The van der Waals surface area contributed by atoms with Gasteiger partial charge in [-0.05, 0) is 80.6 Å². The minimum absolute atomic E-state index is 0.233. The number of hydrogen-bond acceptors (Lipinski definition) is 1. The molecule has 4 bridgehead atoms. The SMILES string of the molecule is C[C@H](NC(=O)CCc1ccccc1)C12CC3CC(CC(C3)C1)C2. The number of nitrogens with one attached hydrogen (secondary N) is 1. The number of hydrogen-bond donors (Lipinski definition) is 1. The van der Waals surface area contributed by atoms with Crippen LogP contribution in [0.4, 0.5) is 0 Å². The Morgan fingerprint density at radius 2 is 1.65 bits per heavy atom. The first kappa shape index (κ1) is 15.2. The number of amides is 1. The van der Waals surface area contributed by atoms with Gasteiger partial charge in [0.15, 0.2) is 0 Å². The van der Waals surface area contributed by atoms with E-state index in [9.17, 15) is 4.79 Å². The van der Waals surface area contributed by atoms with Gasteiger partial charge in [-0.3, -0.25) is 4.79 Å². The fraction of sp³-hybridized carbons (Fsp3) is 0.667. The molecule has 23 heavy (non-hydrogen) atoms. The van der Waals surface area contributed by atoms with E-state index < -0.39 is 0 Å². The molecule has 1 aromatic carbocycles. The molecule has 1 N–H and O–H groups in total. The molecule has 1 aromatic rings. The molecule has 0 spiro atoms. The number of carbonyl (C=O) groups is 1. The van der Waals surface area contributed by atoms with Gasteiger partial charge in [-0.1, -0.05) is 30.3 Å². The maximum Gasteiger partial charge on any atom is 0.220 e. The third kappa shape index (κ3) is 3.05. The van der Waals surface area contributed by atoms with Gasteiger partial charge in [0.1, 0.15) is 0 Å². The van der Waals surface area contributed by atoms with Crippen molar-refractivity contribution in [3.8, 4) is 0 Å². The van der Waals surface area contributed by atoms with Crippen LogP contribution in [0.15, 0.2) is 30.3 Å². The quantitative estimate of drug-likeness (QED) is 0.861. The summed E-state index contributed by atoms with van der Waals surface area (Å²) >= 11 is 0. The topological polar surface area (TPSA) is 29.1 Å². The Morgan fingerprint density at radius 1 is 1.09 bits per heavy atom. The minimum atomic E-state index is 0.233. The van der Waals surface area contributed by atoms with Gasteiger partial charge in [-0.25, -0.2) is 0 Å². The zero-order valence-corrected chi connectivity index (χ0v) is 14.3. The summed E-state index contributed by atoms with van der Waals surface area (Å²) in [5, 5.41) is 3.37. The van der Waals surface area contributed by atoms with Gasteiger partial charge in [0, 0.05) is 12.5 Å². The summed E-state index contributed by atoms with van der Waals surface area (Å²) in [6.07, 6.45) is 9.94. The summed E-state index contributed by atoms with van der Waals surface area (Å²) in [6.45, 7) is 2.27. The maximum absolute atomic E-state index is 12.4. The lowest BCUT2D eigenvalue weighted by Crippen LogP contribution is -2.55. The molecule has 4 aliphatic rings. The van der Waals surface area contributed by atoms with Crippen molar-refractivity contribution in [3.63, 3.8) is 0 Å².